The van der Waals surface area contributed by atoms with Gasteiger partial charge >= 0.3 is 0 Å². The van der Waals surface area contributed by atoms with Crippen molar-refractivity contribution in [3.63, 3.8) is 0 Å². The number of aromatic amines is 1. The van der Waals surface area contributed by atoms with E-state index >= 15 is 0 Å². The van der Waals surface area contributed by atoms with E-state index in [2.05, 4.69) is 26.6 Å². The number of halogens is 2. The number of para-hydroxylation sites is 2. The van der Waals surface area contributed by atoms with Gasteiger partial charge in [0.2, 0.25) is 5.91 Å². The van der Waals surface area contributed by atoms with Gasteiger partial charge in [-0.2, -0.15) is 0 Å². The Morgan fingerprint density at radius 1 is 1.00 bits per heavy atom. The minimum atomic E-state index is -0.0867. The summed E-state index contributed by atoms with van der Waals surface area (Å²) < 4.78 is 1.99. The molecule has 0 aliphatic carbocycles. The van der Waals surface area contributed by atoms with E-state index < -0.39 is 0 Å². The number of aromatic nitrogens is 4. The van der Waals surface area contributed by atoms with E-state index in [1.165, 1.54) is 11.8 Å². The lowest BCUT2D eigenvalue weighted by atomic mass is 10.1. The van der Waals surface area contributed by atoms with Crippen molar-refractivity contribution < 1.29 is 4.79 Å². The molecule has 5 rings (SSSR count). The van der Waals surface area contributed by atoms with E-state index in [1.807, 2.05) is 65.4 Å². The molecule has 0 bridgehead atoms. The molecule has 0 saturated heterocycles. The van der Waals surface area contributed by atoms with Crippen LogP contribution in [0.25, 0.3) is 28.0 Å². The highest BCUT2D eigenvalue weighted by molar-refractivity contribution is 7.99. The van der Waals surface area contributed by atoms with Crippen LogP contribution < -0.4 is 5.32 Å². The zero-order valence-corrected chi connectivity index (χ0v) is 20.9. The van der Waals surface area contributed by atoms with Gasteiger partial charge in [0, 0.05) is 44.9 Å². The molecule has 0 saturated carbocycles. The summed E-state index contributed by atoms with van der Waals surface area (Å²) in [4.78, 5) is 15.9. The van der Waals surface area contributed by atoms with Crippen molar-refractivity contribution >= 4 is 51.8 Å². The number of benzene rings is 3. The maximum atomic E-state index is 12.6. The van der Waals surface area contributed by atoms with E-state index in [0.29, 0.717) is 34.0 Å². The second kappa shape index (κ2) is 10.6. The van der Waals surface area contributed by atoms with Crippen LogP contribution in [0.1, 0.15) is 5.56 Å². The lowest BCUT2D eigenvalue weighted by Gasteiger charge is -2.10. The topological polar surface area (TPSA) is 75.6 Å². The van der Waals surface area contributed by atoms with Gasteiger partial charge in [0.1, 0.15) is 0 Å². The molecular formula is C26H21Cl2N5OS. The zero-order chi connectivity index (χ0) is 24.2. The van der Waals surface area contributed by atoms with Crippen LogP contribution in [0.15, 0.2) is 84.1 Å². The number of fused-ring (bicyclic) bond motifs is 1. The molecular weight excluding hydrogens is 501 g/mol. The van der Waals surface area contributed by atoms with Gasteiger partial charge in [-0.3, -0.25) is 9.36 Å². The fourth-order valence-corrected chi connectivity index (χ4v) is 5.13. The molecule has 2 heterocycles. The summed E-state index contributed by atoms with van der Waals surface area (Å²) in [7, 11) is 0. The van der Waals surface area contributed by atoms with Crippen molar-refractivity contribution in [2.24, 2.45) is 0 Å². The second-order valence-electron chi connectivity index (χ2n) is 7.85. The molecule has 0 aliphatic heterocycles. The Morgan fingerprint density at radius 2 is 1.80 bits per heavy atom. The summed E-state index contributed by atoms with van der Waals surface area (Å²) in [6, 6.07) is 23.4. The summed E-state index contributed by atoms with van der Waals surface area (Å²) in [5.41, 5.74) is 3.85. The van der Waals surface area contributed by atoms with Gasteiger partial charge in [0.25, 0.3) is 0 Å². The molecule has 35 heavy (non-hydrogen) atoms. The number of carbonyl (C=O) groups is 1. The number of rotatable bonds is 8. The molecule has 176 valence electrons. The first-order valence-electron chi connectivity index (χ1n) is 11.0. The van der Waals surface area contributed by atoms with Crippen LogP contribution in [0.4, 0.5) is 0 Å². The average molecular weight is 522 g/mol. The van der Waals surface area contributed by atoms with Crippen molar-refractivity contribution in [1.82, 2.24) is 25.1 Å². The quantitative estimate of drug-likeness (QED) is 0.239. The minimum absolute atomic E-state index is 0.0867. The molecule has 2 aromatic heterocycles. The Labute approximate surface area is 216 Å². The minimum Gasteiger partial charge on any atom is -0.360 e. The van der Waals surface area contributed by atoms with E-state index in [0.717, 1.165) is 27.7 Å². The summed E-state index contributed by atoms with van der Waals surface area (Å²) in [5, 5.41) is 14.8. The molecule has 9 heteroatoms. The van der Waals surface area contributed by atoms with E-state index in [1.54, 1.807) is 12.1 Å². The van der Waals surface area contributed by atoms with Gasteiger partial charge < -0.3 is 10.3 Å². The number of nitrogens with zero attached hydrogens (tertiary/aromatic N) is 3. The SMILES string of the molecule is O=C(CSc1nnc(-c2c[nH]c3ccccc23)n1-c1ccccc1)NCCc1ccc(Cl)cc1Cl. The normalized spacial score (nSPS) is 11.1. The van der Waals surface area contributed by atoms with Crippen LogP contribution in [0.2, 0.25) is 10.0 Å². The lowest BCUT2D eigenvalue weighted by Crippen LogP contribution is -2.27. The number of H-pyrrole nitrogens is 1. The highest BCUT2D eigenvalue weighted by Gasteiger charge is 2.19. The van der Waals surface area contributed by atoms with E-state index in [4.69, 9.17) is 23.2 Å². The number of nitrogens with one attached hydrogen (secondary N) is 2. The standard InChI is InChI=1S/C26H21Cl2N5OS/c27-18-11-10-17(22(28)14-18)12-13-29-24(34)16-35-26-32-31-25(33(26)19-6-2-1-3-7-19)21-15-30-23-9-5-4-8-20(21)23/h1-11,14-15,30H,12-13,16H2,(H,29,34). The highest BCUT2D eigenvalue weighted by Crippen LogP contribution is 2.32. The molecule has 0 atom stereocenters. The summed E-state index contributed by atoms with van der Waals surface area (Å²) in [6.45, 7) is 0.479. The van der Waals surface area contributed by atoms with Gasteiger partial charge in [0.05, 0.1) is 5.75 Å². The predicted molar refractivity (Wildman–Crippen MR) is 143 cm³/mol. The predicted octanol–water partition coefficient (Wildman–Crippen LogP) is 6.17. The van der Waals surface area contributed by atoms with Gasteiger partial charge in [-0.05, 0) is 42.3 Å². The summed E-state index contributed by atoms with van der Waals surface area (Å²) >= 11 is 13.5. The summed E-state index contributed by atoms with van der Waals surface area (Å²) in [5.74, 6) is 0.845. The summed E-state index contributed by atoms with van der Waals surface area (Å²) in [6.07, 6.45) is 2.56. The fourth-order valence-electron chi connectivity index (χ4n) is 3.85. The van der Waals surface area contributed by atoms with Crippen molar-refractivity contribution in [1.29, 1.82) is 0 Å². The first-order valence-corrected chi connectivity index (χ1v) is 12.7. The van der Waals surface area contributed by atoms with Crippen molar-refractivity contribution in [2.75, 3.05) is 12.3 Å². The number of carbonyl (C=O) groups excluding carboxylic acids is 1. The van der Waals surface area contributed by atoms with Crippen molar-refractivity contribution in [2.45, 2.75) is 11.6 Å². The number of hydrogen-bond donors (Lipinski definition) is 2. The van der Waals surface area contributed by atoms with Gasteiger partial charge in [-0.25, -0.2) is 0 Å². The molecule has 0 spiro atoms. The molecule has 2 N–H and O–H groups in total. The maximum Gasteiger partial charge on any atom is 0.230 e. The number of amides is 1. The monoisotopic (exact) mass is 521 g/mol. The van der Waals surface area contributed by atoms with Crippen LogP contribution in [0.3, 0.4) is 0 Å². The van der Waals surface area contributed by atoms with Gasteiger partial charge in [-0.15, -0.1) is 10.2 Å². The first kappa shape index (κ1) is 23.5. The largest absolute Gasteiger partial charge is 0.360 e. The maximum absolute atomic E-state index is 12.6. The molecule has 5 aromatic rings. The second-order valence-corrected chi connectivity index (χ2v) is 9.64. The molecule has 3 aromatic carbocycles. The van der Waals surface area contributed by atoms with E-state index in [9.17, 15) is 4.79 Å². The first-order chi connectivity index (χ1) is 17.1. The zero-order valence-electron chi connectivity index (χ0n) is 18.5. The van der Waals surface area contributed by atoms with Crippen LogP contribution in [0.5, 0.6) is 0 Å². The smallest absolute Gasteiger partial charge is 0.230 e. The van der Waals surface area contributed by atoms with Crippen molar-refractivity contribution in [3.8, 4) is 17.1 Å². The Hall–Kier alpha value is -3.26. The number of thioether (sulfide) groups is 1. The number of hydrogen-bond acceptors (Lipinski definition) is 4. The molecule has 1 amide bonds. The third-order valence-corrected chi connectivity index (χ3v) is 7.06. The molecule has 0 unspecified atom stereocenters. The fraction of sp³-hybridized carbons (Fsp3) is 0.115. The third kappa shape index (κ3) is 5.22. The Kier molecular flexibility index (Phi) is 7.08. The Morgan fingerprint density at radius 3 is 2.63 bits per heavy atom. The van der Waals surface area contributed by atoms with Crippen LogP contribution in [0, 0.1) is 0 Å². The third-order valence-electron chi connectivity index (χ3n) is 5.54. The lowest BCUT2D eigenvalue weighted by molar-refractivity contribution is -0.118. The van der Waals surface area contributed by atoms with Crippen LogP contribution in [-0.4, -0.2) is 38.0 Å². The highest BCUT2D eigenvalue weighted by atomic mass is 35.5. The molecule has 6 nitrogen and oxygen atoms in total. The van der Waals surface area contributed by atoms with Gasteiger partial charge in [-0.1, -0.05) is 77.4 Å². The molecule has 0 radical (unpaired) electrons. The molecule has 0 fully saturated rings. The Balaban J connectivity index is 1.32. The van der Waals surface area contributed by atoms with Crippen LogP contribution >= 0.6 is 35.0 Å². The van der Waals surface area contributed by atoms with Gasteiger partial charge in [0.15, 0.2) is 11.0 Å². The van der Waals surface area contributed by atoms with Crippen molar-refractivity contribution in [3.05, 3.63) is 94.6 Å². The van der Waals surface area contributed by atoms with Crippen LogP contribution in [-0.2, 0) is 11.2 Å². The molecule has 0 aliphatic rings. The Bertz CT molecular complexity index is 1480. The average Bonchev–Trinajstić information content (AvgIpc) is 3.48. The van der Waals surface area contributed by atoms with E-state index in [-0.39, 0.29) is 11.7 Å².